The zero-order valence-corrected chi connectivity index (χ0v) is 12.1. The summed E-state index contributed by atoms with van der Waals surface area (Å²) in [6.07, 6.45) is 3.15. The van der Waals surface area contributed by atoms with Crippen LogP contribution in [0.15, 0.2) is 18.2 Å². The first-order valence-corrected chi connectivity index (χ1v) is 7.44. The quantitative estimate of drug-likeness (QED) is 0.797. The lowest BCUT2D eigenvalue weighted by Crippen LogP contribution is -2.31. The van der Waals surface area contributed by atoms with Gasteiger partial charge in [-0.15, -0.1) is 0 Å². The summed E-state index contributed by atoms with van der Waals surface area (Å²) in [6.45, 7) is 0.619. The Kier molecular flexibility index (Phi) is 4.55. The molecule has 1 aromatic rings. The van der Waals surface area contributed by atoms with Gasteiger partial charge in [-0.05, 0) is 30.7 Å². The molecule has 2 rings (SSSR count). The van der Waals surface area contributed by atoms with E-state index in [-0.39, 0.29) is 23.3 Å². The van der Waals surface area contributed by atoms with Crippen LogP contribution in [0.1, 0.15) is 24.8 Å². The minimum atomic E-state index is -0.931. The number of hydrogen-bond donors (Lipinski definition) is 1. The molecule has 0 unspecified atom stereocenters. The lowest BCUT2D eigenvalue weighted by Gasteiger charge is -2.14. The first-order chi connectivity index (χ1) is 9.06. The number of alkyl halides is 1. The second-order valence-electron chi connectivity index (χ2n) is 5.11. The molecule has 1 amide bonds. The van der Waals surface area contributed by atoms with Gasteiger partial charge >= 0.3 is 0 Å². The van der Waals surface area contributed by atoms with Gasteiger partial charge in [0.15, 0.2) is 11.6 Å². The molecule has 0 spiro atoms. The molecule has 5 heteroatoms. The lowest BCUT2D eigenvalue weighted by molar-refractivity contribution is -0.120. The van der Waals surface area contributed by atoms with E-state index in [4.69, 9.17) is 0 Å². The summed E-state index contributed by atoms with van der Waals surface area (Å²) >= 11 is 3.40. The van der Waals surface area contributed by atoms with Crippen molar-refractivity contribution in [3.63, 3.8) is 0 Å². The maximum atomic E-state index is 13.4. The van der Waals surface area contributed by atoms with Gasteiger partial charge in [-0.1, -0.05) is 28.1 Å². The summed E-state index contributed by atoms with van der Waals surface area (Å²) in [4.78, 5) is 11.7. The molecule has 2 nitrogen and oxygen atoms in total. The van der Waals surface area contributed by atoms with Crippen molar-refractivity contribution >= 4 is 21.8 Å². The molecule has 1 saturated carbocycles. The standard InChI is InChI=1S/C14H16BrF2NO/c15-7-6-14(4-5-14)9-18-12(19)8-10-2-1-3-11(16)13(10)17/h1-3H,4-9H2,(H,18,19). The molecule has 1 aliphatic carbocycles. The fourth-order valence-electron chi connectivity index (χ4n) is 2.10. The van der Waals surface area contributed by atoms with Crippen molar-refractivity contribution in [3.05, 3.63) is 35.4 Å². The number of benzene rings is 1. The van der Waals surface area contributed by atoms with Crippen molar-refractivity contribution in [3.8, 4) is 0 Å². The van der Waals surface area contributed by atoms with Crippen molar-refractivity contribution in [2.45, 2.75) is 25.7 Å². The Balaban J connectivity index is 1.86. The third-order valence-corrected chi connectivity index (χ3v) is 4.02. The highest BCUT2D eigenvalue weighted by atomic mass is 79.9. The smallest absolute Gasteiger partial charge is 0.224 e. The van der Waals surface area contributed by atoms with Gasteiger partial charge in [0.1, 0.15) is 0 Å². The van der Waals surface area contributed by atoms with Crippen LogP contribution in [0.5, 0.6) is 0 Å². The molecule has 0 radical (unpaired) electrons. The molecule has 104 valence electrons. The molecule has 0 atom stereocenters. The first kappa shape index (κ1) is 14.4. The predicted molar refractivity (Wildman–Crippen MR) is 73.1 cm³/mol. The van der Waals surface area contributed by atoms with E-state index in [1.165, 1.54) is 12.1 Å². The fraction of sp³-hybridized carbons (Fsp3) is 0.500. The summed E-state index contributed by atoms with van der Waals surface area (Å²) in [5.74, 6) is -2.10. The Morgan fingerprint density at radius 2 is 2.11 bits per heavy atom. The third kappa shape index (κ3) is 3.75. The normalized spacial score (nSPS) is 16.2. The molecule has 0 saturated heterocycles. The van der Waals surface area contributed by atoms with Crippen molar-refractivity contribution in [1.82, 2.24) is 5.32 Å². The molecule has 1 aromatic carbocycles. The van der Waals surface area contributed by atoms with Crippen LogP contribution in [0.2, 0.25) is 0 Å². The number of halogens is 3. The van der Waals surface area contributed by atoms with Crippen LogP contribution >= 0.6 is 15.9 Å². The third-order valence-electron chi connectivity index (χ3n) is 3.63. The number of nitrogens with one attached hydrogen (secondary N) is 1. The van der Waals surface area contributed by atoms with Crippen LogP contribution in [0.3, 0.4) is 0 Å². The van der Waals surface area contributed by atoms with E-state index in [1.807, 2.05) is 0 Å². The van der Waals surface area contributed by atoms with E-state index in [0.29, 0.717) is 6.54 Å². The van der Waals surface area contributed by atoms with Crippen molar-refractivity contribution in [2.75, 3.05) is 11.9 Å². The average molecular weight is 332 g/mol. The summed E-state index contributed by atoms with van der Waals surface area (Å²) < 4.78 is 26.4. The van der Waals surface area contributed by atoms with Gasteiger partial charge in [0.25, 0.3) is 0 Å². The van der Waals surface area contributed by atoms with Crippen LogP contribution in [-0.2, 0) is 11.2 Å². The maximum Gasteiger partial charge on any atom is 0.224 e. The van der Waals surface area contributed by atoms with Crippen LogP contribution < -0.4 is 5.32 Å². The number of carbonyl (C=O) groups excluding carboxylic acids is 1. The van der Waals surface area contributed by atoms with Crippen LogP contribution in [0.4, 0.5) is 8.78 Å². The number of amides is 1. The van der Waals surface area contributed by atoms with E-state index in [2.05, 4.69) is 21.2 Å². The van der Waals surface area contributed by atoms with Gasteiger partial charge in [0, 0.05) is 17.4 Å². The molecule has 0 aliphatic heterocycles. The zero-order chi connectivity index (χ0) is 13.9. The zero-order valence-electron chi connectivity index (χ0n) is 10.5. The summed E-state index contributed by atoms with van der Waals surface area (Å²) in [5.41, 5.74) is 0.322. The van der Waals surface area contributed by atoms with Crippen molar-refractivity contribution in [2.24, 2.45) is 5.41 Å². The Morgan fingerprint density at radius 3 is 2.74 bits per heavy atom. The van der Waals surface area contributed by atoms with E-state index >= 15 is 0 Å². The first-order valence-electron chi connectivity index (χ1n) is 6.32. The van der Waals surface area contributed by atoms with E-state index < -0.39 is 11.6 Å². The predicted octanol–water partition coefficient (Wildman–Crippen LogP) is 3.19. The highest BCUT2D eigenvalue weighted by Gasteiger charge is 2.41. The monoisotopic (exact) mass is 331 g/mol. The van der Waals surface area contributed by atoms with Gasteiger partial charge < -0.3 is 5.32 Å². The Labute approximate surface area is 119 Å². The van der Waals surface area contributed by atoms with Gasteiger partial charge in [0.2, 0.25) is 5.91 Å². The molecule has 19 heavy (non-hydrogen) atoms. The van der Waals surface area contributed by atoms with Gasteiger partial charge in [0.05, 0.1) is 6.42 Å². The molecule has 0 bridgehead atoms. The summed E-state index contributed by atoms with van der Waals surface area (Å²) in [5, 5.41) is 3.73. The maximum absolute atomic E-state index is 13.4. The fourth-order valence-corrected chi connectivity index (χ4v) is 2.94. The molecule has 1 aliphatic rings. The van der Waals surface area contributed by atoms with Crippen LogP contribution in [0.25, 0.3) is 0 Å². The molecule has 1 N–H and O–H groups in total. The minimum absolute atomic E-state index is 0.0999. The largest absolute Gasteiger partial charge is 0.355 e. The second kappa shape index (κ2) is 5.99. The van der Waals surface area contributed by atoms with E-state index in [9.17, 15) is 13.6 Å². The van der Waals surface area contributed by atoms with Crippen molar-refractivity contribution < 1.29 is 13.6 Å². The highest BCUT2D eigenvalue weighted by molar-refractivity contribution is 9.09. The lowest BCUT2D eigenvalue weighted by atomic mass is 10.0. The topological polar surface area (TPSA) is 29.1 Å². The molecule has 0 heterocycles. The van der Waals surface area contributed by atoms with Crippen LogP contribution in [-0.4, -0.2) is 17.8 Å². The van der Waals surface area contributed by atoms with Crippen LogP contribution in [0, 0.1) is 17.0 Å². The van der Waals surface area contributed by atoms with Crippen molar-refractivity contribution in [1.29, 1.82) is 0 Å². The van der Waals surface area contributed by atoms with E-state index in [0.717, 1.165) is 30.7 Å². The van der Waals surface area contributed by atoms with Gasteiger partial charge in [-0.25, -0.2) is 8.78 Å². The number of hydrogen-bond acceptors (Lipinski definition) is 1. The Bertz CT molecular complexity index is 475. The summed E-state index contributed by atoms with van der Waals surface area (Å²) in [7, 11) is 0. The molecular weight excluding hydrogens is 316 g/mol. The number of rotatable bonds is 6. The summed E-state index contributed by atoms with van der Waals surface area (Å²) in [6, 6.07) is 3.89. The number of carbonyl (C=O) groups is 1. The average Bonchev–Trinajstić information content (AvgIpc) is 3.14. The SMILES string of the molecule is O=C(Cc1cccc(F)c1F)NCC1(CCBr)CC1. The highest BCUT2D eigenvalue weighted by Crippen LogP contribution is 2.48. The van der Waals surface area contributed by atoms with E-state index in [1.54, 1.807) is 0 Å². The second-order valence-corrected chi connectivity index (χ2v) is 5.90. The molecule has 1 fully saturated rings. The molecular formula is C14H16BrF2NO. The Morgan fingerprint density at radius 1 is 1.37 bits per heavy atom. The minimum Gasteiger partial charge on any atom is -0.355 e. The Hall–Kier alpha value is -0.970. The molecule has 0 aromatic heterocycles. The van der Waals surface area contributed by atoms with Gasteiger partial charge in [-0.3, -0.25) is 4.79 Å². The van der Waals surface area contributed by atoms with Gasteiger partial charge in [-0.2, -0.15) is 0 Å².